The van der Waals surface area contributed by atoms with Crippen LogP contribution in [0, 0.1) is 19.3 Å². The van der Waals surface area contributed by atoms with E-state index in [9.17, 15) is 4.79 Å². The van der Waals surface area contributed by atoms with Gasteiger partial charge in [-0.1, -0.05) is 36.4 Å². The third-order valence-corrected chi connectivity index (χ3v) is 6.85. The number of carbonyl (C=O) groups excluding carboxylic acids is 1. The highest BCUT2D eigenvalue weighted by Gasteiger charge is 2.23. The molecule has 3 heterocycles. The van der Waals surface area contributed by atoms with Crippen LogP contribution < -0.4 is 10.8 Å². The van der Waals surface area contributed by atoms with Crippen LogP contribution in [0.25, 0.3) is 16.7 Å². The zero-order chi connectivity index (χ0) is 22.8. The number of nitrogens with zero attached hydrogens (tertiary/aromatic N) is 3. The minimum atomic E-state index is -0.415. The molecule has 1 unspecified atom stereocenters. The second-order valence-corrected chi connectivity index (χ2v) is 8.95. The number of nitrogens with one attached hydrogen (secondary N) is 3. The number of amides is 1. The van der Waals surface area contributed by atoms with Gasteiger partial charge in [-0.2, -0.15) is 5.10 Å². The van der Waals surface area contributed by atoms with Crippen molar-refractivity contribution in [2.75, 3.05) is 0 Å². The van der Waals surface area contributed by atoms with Gasteiger partial charge in [0, 0.05) is 10.7 Å². The van der Waals surface area contributed by atoms with Gasteiger partial charge >= 0.3 is 0 Å². The smallest absolute Gasteiger partial charge is 0.233 e. The number of halogens is 1. The molecule has 32 heavy (non-hydrogen) atoms. The number of H-pyrrole nitrogens is 1. The SMILES string of the molecule is CCC(Sc1nc2n[nH]c(C)c2c(=N)n1-c1ccc(C)c(Cl)c1)C(=O)NCc1ccco1. The number of hydrogen-bond acceptors (Lipinski definition) is 6. The summed E-state index contributed by atoms with van der Waals surface area (Å²) in [5.41, 5.74) is 3.07. The number of benzene rings is 1. The largest absolute Gasteiger partial charge is 0.467 e. The molecular weight excluding hydrogens is 448 g/mol. The van der Waals surface area contributed by atoms with Crippen molar-refractivity contribution in [3.8, 4) is 5.69 Å². The quantitative estimate of drug-likeness (QED) is 0.275. The van der Waals surface area contributed by atoms with Crippen molar-refractivity contribution in [2.24, 2.45) is 0 Å². The lowest BCUT2D eigenvalue weighted by molar-refractivity contribution is -0.120. The number of carbonyl (C=O) groups is 1. The Hall–Kier alpha value is -3.04. The Kier molecular flexibility index (Phi) is 6.38. The molecule has 0 spiro atoms. The van der Waals surface area contributed by atoms with Crippen LogP contribution in [0.5, 0.6) is 0 Å². The minimum Gasteiger partial charge on any atom is -0.467 e. The van der Waals surface area contributed by atoms with Gasteiger partial charge in [0.05, 0.1) is 29.1 Å². The highest BCUT2D eigenvalue weighted by atomic mass is 35.5. The van der Waals surface area contributed by atoms with Gasteiger partial charge in [0.15, 0.2) is 10.8 Å². The maximum absolute atomic E-state index is 12.9. The summed E-state index contributed by atoms with van der Waals surface area (Å²) in [5.74, 6) is 0.552. The molecule has 4 aromatic rings. The lowest BCUT2D eigenvalue weighted by atomic mass is 10.2. The van der Waals surface area contributed by atoms with Crippen LogP contribution in [0.3, 0.4) is 0 Å². The lowest BCUT2D eigenvalue weighted by Crippen LogP contribution is -2.32. The first-order valence-corrected chi connectivity index (χ1v) is 11.4. The first kappa shape index (κ1) is 22.2. The summed E-state index contributed by atoms with van der Waals surface area (Å²) in [5, 5.41) is 20.2. The average molecular weight is 471 g/mol. The van der Waals surface area contributed by atoms with Crippen LogP contribution in [0.15, 0.2) is 46.2 Å². The molecule has 0 aliphatic carbocycles. The van der Waals surface area contributed by atoms with Crippen LogP contribution in [-0.4, -0.2) is 30.9 Å². The number of thioether (sulfide) groups is 1. The highest BCUT2D eigenvalue weighted by Crippen LogP contribution is 2.28. The maximum atomic E-state index is 12.9. The molecule has 0 fully saturated rings. The van der Waals surface area contributed by atoms with Crippen molar-refractivity contribution in [2.45, 2.75) is 44.1 Å². The van der Waals surface area contributed by atoms with E-state index >= 15 is 0 Å². The van der Waals surface area contributed by atoms with E-state index in [1.54, 1.807) is 23.0 Å². The van der Waals surface area contributed by atoms with E-state index in [0.29, 0.717) is 45.6 Å². The van der Waals surface area contributed by atoms with E-state index in [1.807, 2.05) is 39.0 Å². The van der Waals surface area contributed by atoms with Gasteiger partial charge in [0.25, 0.3) is 0 Å². The van der Waals surface area contributed by atoms with Gasteiger partial charge in [-0.15, -0.1) is 0 Å². The fourth-order valence-electron chi connectivity index (χ4n) is 3.32. The highest BCUT2D eigenvalue weighted by molar-refractivity contribution is 8.00. The summed E-state index contributed by atoms with van der Waals surface area (Å²) in [6, 6.07) is 9.19. The number of aromatic nitrogens is 4. The molecule has 3 N–H and O–H groups in total. The molecule has 1 amide bonds. The van der Waals surface area contributed by atoms with E-state index in [2.05, 4.69) is 20.5 Å². The first-order valence-electron chi connectivity index (χ1n) is 10.1. The topological polar surface area (TPSA) is 113 Å². The summed E-state index contributed by atoms with van der Waals surface area (Å²) >= 11 is 7.67. The molecule has 0 saturated carbocycles. The first-order chi connectivity index (χ1) is 15.4. The summed E-state index contributed by atoms with van der Waals surface area (Å²) in [4.78, 5) is 17.6. The van der Waals surface area contributed by atoms with E-state index in [0.717, 1.165) is 11.3 Å². The molecule has 1 aromatic carbocycles. The van der Waals surface area contributed by atoms with Crippen LogP contribution in [0.1, 0.15) is 30.4 Å². The van der Waals surface area contributed by atoms with Crippen LogP contribution in [0.4, 0.5) is 0 Å². The number of fused-ring (bicyclic) bond motifs is 1. The molecule has 3 aromatic heterocycles. The van der Waals surface area contributed by atoms with Crippen LogP contribution in [-0.2, 0) is 11.3 Å². The fraction of sp³-hybridized carbons (Fsp3) is 0.273. The Morgan fingerprint density at radius 3 is 2.88 bits per heavy atom. The standard InChI is InChI=1S/C22H23ClN6O2S/c1-4-17(21(30)25-11-15-6-5-9-31-15)32-22-26-20-18(13(3)27-28-20)19(24)29(22)14-8-7-12(2)16(23)10-14/h5-10,17,24H,4,11H2,1-3H3,(H,25,30)(H,27,28). The Morgan fingerprint density at radius 2 is 2.19 bits per heavy atom. The third-order valence-electron chi connectivity index (χ3n) is 5.12. The zero-order valence-corrected chi connectivity index (χ0v) is 19.5. The zero-order valence-electron chi connectivity index (χ0n) is 17.9. The third kappa shape index (κ3) is 4.31. The molecule has 0 bridgehead atoms. The van der Waals surface area contributed by atoms with Gasteiger partial charge in [0.1, 0.15) is 11.2 Å². The second-order valence-electron chi connectivity index (χ2n) is 7.37. The van der Waals surface area contributed by atoms with Gasteiger partial charge in [0.2, 0.25) is 5.91 Å². The molecule has 0 saturated heterocycles. The summed E-state index contributed by atoms with van der Waals surface area (Å²) in [7, 11) is 0. The molecule has 10 heteroatoms. The van der Waals surface area contributed by atoms with E-state index < -0.39 is 5.25 Å². The number of furan rings is 1. The molecule has 166 valence electrons. The summed E-state index contributed by atoms with van der Waals surface area (Å²) in [6.45, 7) is 6.03. The Bertz CT molecular complexity index is 1330. The lowest BCUT2D eigenvalue weighted by Gasteiger charge is -2.18. The van der Waals surface area contributed by atoms with E-state index in [-0.39, 0.29) is 11.4 Å². The van der Waals surface area contributed by atoms with Crippen molar-refractivity contribution in [1.29, 1.82) is 5.41 Å². The number of aryl methyl sites for hydroxylation is 2. The number of rotatable bonds is 7. The minimum absolute atomic E-state index is 0.131. The van der Waals surface area contributed by atoms with Gasteiger partial charge in [-0.25, -0.2) is 4.98 Å². The van der Waals surface area contributed by atoms with E-state index in [1.165, 1.54) is 11.8 Å². The van der Waals surface area contributed by atoms with Crippen LogP contribution in [0.2, 0.25) is 5.02 Å². The molecular formula is C22H23ClN6O2S. The predicted molar refractivity (Wildman–Crippen MR) is 124 cm³/mol. The normalized spacial score (nSPS) is 12.2. The molecule has 0 radical (unpaired) electrons. The second kappa shape index (κ2) is 9.22. The van der Waals surface area contributed by atoms with Crippen molar-refractivity contribution in [3.63, 3.8) is 0 Å². The van der Waals surface area contributed by atoms with Crippen molar-refractivity contribution < 1.29 is 9.21 Å². The maximum Gasteiger partial charge on any atom is 0.233 e. The monoisotopic (exact) mass is 470 g/mol. The van der Waals surface area contributed by atoms with Gasteiger partial charge < -0.3 is 9.73 Å². The number of aromatic amines is 1. The van der Waals surface area contributed by atoms with E-state index in [4.69, 9.17) is 21.4 Å². The average Bonchev–Trinajstić information content (AvgIpc) is 3.42. The fourth-order valence-corrected chi connectivity index (χ4v) is 4.55. The Morgan fingerprint density at radius 1 is 1.38 bits per heavy atom. The van der Waals surface area contributed by atoms with Crippen molar-refractivity contribution in [1.82, 2.24) is 25.1 Å². The van der Waals surface area contributed by atoms with Gasteiger partial charge in [-0.3, -0.25) is 19.9 Å². The van der Waals surface area contributed by atoms with Crippen molar-refractivity contribution in [3.05, 3.63) is 64.1 Å². The van der Waals surface area contributed by atoms with Crippen LogP contribution >= 0.6 is 23.4 Å². The molecule has 0 aliphatic heterocycles. The number of hydrogen-bond donors (Lipinski definition) is 3. The molecule has 4 rings (SSSR count). The molecule has 0 aliphatic rings. The molecule has 8 nitrogen and oxygen atoms in total. The van der Waals surface area contributed by atoms with Gasteiger partial charge in [-0.05, 0) is 50.1 Å². The summed E-state index contributed by atoms with van der Waals surface area (Å²) in [6.07, 6.45) is 2.15. The Labute approximate surface area is 193 Å². The van der Waals surface area contributed by atoms with Crippen molar-refractivity contribution >= 4 is 40.3 Å². The summed E-state index contributed by atoms with van der Waals surface area (Å²) < 4.78 is 7.00. The predicted octanol–water partition coefficient (Wildman–Crippen LogP) is 4.28. The molecule has 1 atom stereocenters. The Balaban J connectivity index is 1.74.